The number of carbonyl (C=O) groups is 2. The summed E-state index contributed by atoms with van der Waals surface area (Å²) in [5.41, 5.74) is 2.05. The fourth-order valence-electron chi connectivity index (χ4n) is 4.20. The Kier molecular flexibility index (Phi) is 6.07. The van der Waals surface area contributed by atoms with Crippen molar-refractivity contribution >= 4 is 11.8 Å². The third-order valence-electron chi connectivity index (χ3n) is 5.82. The van der Waals surface area contributed by atoms with Gasteiger partial charge in [-0.1, -0.05) is 42.5 Å². The van der Waals surface area contributed by atoms with Crippen molar-refractivity contribution < 1.29 is 18.7 Å². The zero-order valence-electron chi connectivity index (χ0n) is 17.7. The predicted molar refractivity (Wildman–Crippen MR) is 117 cm³/mol. The van der Waals surface area contributed by atoms with Gasteiger partial charge in [0.25, 0.3) is 5.91 Å². The lowest BCUT2D eigenvalue weighted by Gasteiger charge is -2.25. The van der Waals surface area contributed by atoms with Crippen molar-refractivity contribution in [2.75, 3.05) is 27.2 Å². The van der Waals surface area contributed by atoms with Crippen LogP contribution in [0.2, 0.25) is 0 Å². The quantitative estimate of drug-likeness (QED) is 0.611. The standard InChI is InChI=1S/C25H26N2O4/c1-26(15-18-8-4-3-5-9-18)24(28)22-17-27(25(29)23-12-7-13-31-23)16-21(22)19-10-6-11-20(14-19)30-2/h3-14,21-22H,15-17H2,1-2H3. The molecule has 2 amide bonds. The van der Waals surface area contributed by atoms with Crippen LogP contribution in [0.25, 0.3) is 0 Å². The Bertz CT molecular complexity index is 1030. The average Bonchev–Trinajstić information content (AvgIpc) is 3.49. The monoisotopic (exact) mass is 418 g/mol. The number of furan rings is 1. The van der Waals surface area contributed by atoms with Crippen LogP contribution in [0.1, 0.15) is 27.6 Å². The first kappa shape index (κ1) is 20.7. The van der Waals surface area contributed by atoms with Gasteiger partial charge in [0.15, 0.2) is 5.76 Å². The Balaban J connectivity index is 1.59. The van der Waals surface area contributed by atoms with E-state index >= 15 is 0 Å². The van der Waals surface area contributed by atoms with Crippen molar-refractivity contribution in [3.63, 3.8) is 0 Å². The number of likely N-dealkylation sites (tertiary alicyclic amines) is 1. The number of ether oxygens (including phenoxy) is 1. The second-order valence-electron chi connectivity index (χ2n) is 7.86. The molecule has 0 bridgehead atoms. The van der Waals surface area contributed by atoms with E-state index < -0.39 is 0 Å². The zero-order valence-corrected chi connectivity index (χ0v) is 17.7. The second-order valence-corrected chi connectivity index (χ2v) is 7.86. The van der Waals surface area contributed by atoms with Gasteiger partial charge in [0, 0.05) is 32.6 Å². The third kappa shape index (κ3) is 4.48. The summed E-state index contributed by atoms with van der Waals surface area (Å²) in [4.78, 5) is 29.8. The molecule has 1 aliphatic rings. The Labute approximate surface area is 182 Å². The molecule has 31 heavy (non-hydrogen) atoms. The average molecular weight is 418 g/mol. The molecule has 1 aromatic heterocycles. The highest BCUT2D eigenvalue weighted by Gasteiger charge is 2.42. The van der Waals surface area contributed by atoms with E-state index in [-0.39, 0.29) is 29.4 Å². The molecule has 0 spiro atoms. The van der Waals surface area contributed by atoms with Crippen LogP contribution in [0.4, 0.5) is 0 Å². The molecule has 1 fully saturated rings. The molecule has 4 rings (SSSR count). The Morgan fingerprint density at radius 3 is 2.58 bits per heavy atom. The van der Waals surface area contributed by atoms with Crippen LogP contribution < -0.4 is 4.74 Å². The van der Waals surface area contributed by atoms with Crippen molar-refractivity contribution in [3.05, 3.63) is 89.9 Å². The number of benzene rings is 2. The van der Waals surface area contributed by atoms with Crippen molar-refractivity contribution in [3.8, 4) is 5.75 Å². The molecular formula is C25H26N2O4. The van der Waals surface area contributed by atoms with E-state index in [1.165, 1.54) is 6.26 Å². The molecule has 0 saturated carbocycles. The number of nitrogens with zero attached hydrogens (tertiary/aromatic N) is 2. The summed E-state index contributed by atoms with van der Waals surface area (Å²) >= 11 is 0. The summed E-state index contributed by atoms with van der Waals surface area (Å²) in [5, 5.41) is 0. The maximum Gasteiger partial charge on any atom is 0.289 e. The van der Waals surface area contributed by atoms with Crippen molar-refractivity contribution in [1.82, 2.24) is 9.80 Å². The first-order valence-corrected chi connectivity index (χ1v) is 10.3. The lowest BCUT2D eigenvalue weighted by molar-refractivity contribution is -0.134. The number of methoxy groups -OCH3 is 1. The third-order valence-corrected chi connectivity index (χ3v) is 5.82. The SMILES string of the molecule is COc1cccc(C2CN(C(=O)c3ccco3)CC2C(=O)N(C)Cc2ccccc2)c1. The molecule has 0 aliphatic carbocycles. The summed E-state index contributed by atoms with van der Waals surface area (Å²) in [7, 11) is 3.44. The fourth-order valence-corrected chi connectivity index (χ4v) is 4.20. The minimum Gasteiger partial charge on any atom is -0.497 e. The van der Waals surface area contributed by atoms with Gasteiger partial charge in [-0.2, -0.15) is 0 Å². The molecule has 3 aromatic rings. The molecule has 0 N–H and O–H groups in total. The molecule has 2 unspecified atom stereocenters. The first-order valence-electron chi connectivity index (χ1n) is 10.3. The molecule has 2 aromatic carbocycles. The maximum atomic E-state index is 13.5. The number of carbonyl (C=O) groups excluding carboxylic acids is 2. The van der Waals surface area contributed by atoms with Crippen LogP contribution in [0.15, 0.2) is 77.4 Å². The normalized spacial score (nSPS) is 18.1. The van der Waals surface area contributed by atoms with E-state index in [0.717, 1.165) is 16.9 Å². The second kappa shape index (κ2) is 9.08. The smallest absolute Gasteiger partial charge is 0.289 e. The summed E-state index contributed by atoms with van der Waals surface area (Å²) in [6, 6.07) is 21.0. The van der Waals surface area contributed by atoms with Crippen LogP contribution in [0.5, 0.6) is 5.75 Å². The molecule has 0 radical (unpaired) electrons. The Morgan fingerprint density at radius 1 is 1.06 bits per heavy atom. The number of rotatable bonds is 6. The minimum atomic E-state index is -0.347. The summed E-state index contributed by atoms with van der Waals surface area (Å²) in [6.45, 7) is 1.31. The van der Waals surface area contributed by atoms with E-state index in [1.807, 2.05) is 61.6 Å². The molecule has 2 atom stereocenters. The van der Waals surface area contributed by atoms with Crippen molar-refractivity contribution in [2.24, 2.45) is 5.92 Å². The Morgan fingerprint density at radius 2 is 1.87 bits per heavy atom. The van der Waals surface area contributed by atoms with Crippen LogP contribution in [-0.4, -0.2) is 48.9 Å². The molecule has 2 heterocycles. The van der Waals surface area contributed by atoms with Gasteiger partial charge < -0.3 is 19.0 Å². The van der Waals surface area contributed by atoms with E-state index in [4.69, 9.17) is 9.15 Å². The molecule has 1 saturated heterocycles. The number of hydrogen-bond donors (Lipinski definition) is 0. The highest BCUT2D eigenvalue weighted by molar-refractivity contribution is 5.92. The Hall–Kier alpha value is -3.54. The van der Waals surface area contributed by atoms with Crippen LogP contribution in [0.3, 0.4) is 0 Å². The fraction of sp³-hybridized carbons (Fsp3) is 0.280. The highest BCUT2D eigenvalue weighted by Crippen LogP contribution is 2.36. The van der Waals surface area contributed by atoms with Gasteiger partial charge in [-0.25, -0.2) is 0 Å². The van der Waals surface area contributed by atoms with Gasteiger partial charge in [0.2, 0.25) is 5.91 Å². The van der Waals surface area contributed by atoms with Gasteiger partial charge in [0.1, 0.15) is 5.75 Å². The van der Waals surface area contributed by atoms with Gasteiger partial charge in [-0.05, 0) is 35.4 Å². The number of amides is 2. The molecule has 1 aliphatic heterocycles. The van der Waals surface area contributed by atoms with E-state index in [0.29, 0.717) is 19.6 Å². The van der Waals surface area contributed by atoms with Crippen molar-refractivity contribution in [1.29, 1.82) is 0 Å². The maximum absolute atomic E-state index is 13.5. The lowest BCUT2D eigenvalue weighted by Crippen LogP contribution is -2.36. The summed E-state index contributed by atoms with van der Waals surface area (Å²) in [5.74, 6) is 0.372. The molecule has 160 valence electrons. The summed E-state index contributed by atoms with van der Waals surface area (Å²) < 4.78 is 10.7. The minimum absolute atomic E-state index is 0.0198. The van der Waals surface area contributed by atoms with E-state index in [9.17, 15) is 9.59 Å². The predicted octanol–water partition coefficient (Wildman–Crippen LogP) is 3.80. The van der Waals surface area contributed by atoms with E-state index in [2.05, 4.69) is 0 Å². The van der Waals surface area contributed by atoms with Crippen LogP contribution in [-0.2, 0) is 11.3 Å². The first-order chi connectivity index (χ1) is 15.1. The van der Waals surface area contributed by atoms with Crippen molar-refractivity contribution in [2.45, 2.75) is 12.5 Å². The van der Waals surface area contributed by atoms with E-state index in [1.54, 1.807) is 29.0 Å². The topological polar surface area (TPSA) is 63.0 Å². The van der Waals surface area contributed by atoms with Crippen LogP contribution >= 0.6 is 0 Å². The lowest BCUT2D eigenvalue weighted by atomic mass is 9.88. The van der Waals surface area contributed by atoms with Gasteiger partial charge in [-0.3, -0.25) is 9.59 Å². The van der Waals surface area contributed by atoms with Gasteiger partial charge in [0.05, 0.1) is 19.3 Å². The van der Waals surface area contributed by atoms with Crippen LogP contribution in [0, 0.1) is 5.92 Å². The molecule has 6 nitrogen and oxygen atoms in total. The summed E-state index contributed by atoms with van der Waals surface area (Å²) in [6.07, 6.45) is 1.49. The highest BCUT2D eigenvalue weighted by atomic mass is 16.5. The zero-order chi connectivity index (χ0) is 21.8. The van der Waals surface area contributed by atoms with Gasteiger partial charge >= 0.3 is 0 Å². The largest absolute Gasteiger partial charge is 0.497 e. The molecule has 6 heteroatoms. The molecular weight excluding hydrogens is 392 g/mol. The van der Waals surface area contributed by atoms with Gasteiger partial charge in [-0.15, -0.1) is 0 Å². The number of hydrogen-bond acceptors (Lipinski definition) is 4.